The summed E-state index contributed by atoms with van der Waals surface area (Å²) in [6.45, 7) is 5.64. The monoisotopic (exact) mass is 276 g/mol. The molecule has 112 valence electrons. The molecule has 1 aromatic carbocycles. The van der Waals surface area contributed by atoms with Gasteiger partial charge in [0.05, 0.1) is 0 Å². The number of hydrogen-bond donors (Lipinski definition) is 2. The van der Waals surface area contributed by atoms with Gasteiger partial charge in [-0.15, -0.1) is 0 Å². The van der Waals surface area contributed by atoms with E-state index in [1.165, 1.54) is 50.0 Å². The van der Waals surface area contributed by atoms with Gasteiger partial charge in [-0.3, -0.25) is 0 Å². The summed E-state index contributed by atoms with van der Waals surface area (Å²) in [5.41, 5.74) is 2.67. The predicted octanol–water partition coefficient (Wildman–Crippen LogP) is 2.93. The lowest BCUT2D eigenvalue weighted by Gasteiger charge is -2.23. The highest BCUT2D eigenvalue weighted by Gasteiger charge is 2.09. The van der Waals surface area contributed by atoms with Crippen molar-refractivity contribution < 1.29 is 5.11 Å². The van der Waals surface area contributed by atoms with Crippen LogP contribution in [0, 0.1) is 0 Å². The highest BCUT2D eigenvalue weighted by atomic mass is 16.3. The topological polar surface area (TPSA) is 35.5 Å². The molecule has 0 unspecified atom stereocenters. The molecule has 1 atom stereocenters. The van der Waals surface area contributed by atoms with E-state index in [1.807, 2.05) is 0 Å². The molecule has 20 heavy (non-hydrogen) atoms. The second-order valence-corrected chi connectivity index (χ2v) is 5.86. The molecule has 0 aromatic heterocycles. The molecule has 0 radical (unpaired) electrons. The zero-order chi connectivity index (χ0) is 14.2. The molecular weight excluding hydrogens is 248 g/mol. The Labute approximate surface area is 123 Å². The van der Waals surface area contributed by atoms with E-state index in [9.17, 15) is 0 Å². The fourth-order valence-corrected chi connectivity index (χ4v) is 2.74. The van der Waals surface area contributed by atoms with Gasteiger partial charge in [-0.1, -0.05) is 25.0 Å². The van der Waals surface area contributed by atoms with Crippen molar-refractivity contribution in [3.63, 3.8) is 0 Å². The molecule has 1 saturated heterocycles. The summed E-state index contributed by atoms with van der Waals surface area (Å²) in [6, 6.07) is 9.31. The SMILES string of the molecule is C[C@H](CCO)NCc1ccc(N2CCCCCC2)cc1. The molecule has 3 heteroatoms. The summed E-state index contributed by atoms with van der Waals surface area (Å²) in [5, 5.41) is 12.3. The number of nitrogens with zero attached hydrogens (tertiary/aromatic N) is 1. The Morgan fingerprint density at radius 1 is 1.10 bits per heavy atom. The Bertz CT molecular complexity index is 369. The summed E-state index contributed by atoms with van der Waals surface area (Å²) in [6.07, 6.45) is 6.21. The van der Waals surface area contributed by atoms with Crippen LogP contribution in [-0.4, -0.2) is 30.8 Å². The quantitative estimate of drug-likeness (QED) is 0.838. The second-order valence-electron chi connectivity index (χ2n) is 5.86. The minimum Gasteiger partial charge on any atom is -0.396 e. The fourth-order valence-electron chi connectivity index (χ4n) is 2.74. The number of anilines is 1. The smallest absolute Gasteiger partial charge is 0.0445 e. The maximum Gasteiger partial charge on any atom is 0.0445 e. The number of hydrogen-bond acceptors (Lipinski definition) is 3. The van der Waals surface area contributed by atoms with Crippen LogP contribution in [0.15, 0.2) is 24.3 Å². The van der Waals surface area contributed by atoms with Crippen LogP contribution in [0.5, 0.6) is 0 Å². The number of benzene rings is 1. The van der Waals surface area contributed by atoms with E-state index in [4.69, 9.17) is 5.11 Å². The third-order valence-corrected chi connectivity index (χ3v) is 4.12. The normalized spacial score (nSPS) is 17.8. The van der Waals surface area contributed by atoms with E-state index in [2.05, 4.69) is 41.4 Å². The van der Waals surface area contributed by atoms with Crippen molar-refractivity contribution in [1.82, 2.24) is 5.32 Å². The lowest BCUT2D eigenvalue weighted by molar-refractivity contribution is 0.268. The van der Waals surface area contributed by atoms with Gasteiger partial charge in [-0.2, -0.15) is 0 Å². The highest BCUT2D eigenvalue weighted by molar-refractivity contribution is 5.47. The van der Waals surface area contributed by atoms with E-state index < -0.39 is 0 Å². The van der Waals surface area contributed by atoms with Crippen LogP contribution in [0.1, 0.15) is 44.6 Å². The molecule has 1 aliphatic rings. The largest absolute Gasteiger partial charge is 0.396 e. The van der Waals surface area contributed by atoms with Crippen LogP contribution < -0.4 is 10.2 Å². The Kier molecular flexibility index (Phi) is 6.34. The van der Waals surface area contributed by atoms with Crippen molar-refractivity contribution in [1.29, 1.82) is 0 Å². The minimum absolute atomic E-state index is 0.252. The molecule has 0 saturated carbocycles. The van der Waals surface area contributed by atoms with Crippen molar-refractivity contribution in [2.24, 2.45) is 0 Å². The van der Waals surface area contributed by atoms with Gasteiger partial charge in [0, 0.05) is 38.0 Å². The van der Waals surface area contributed by atoms with Crippen LogP contribution in [0.4, 0.5) is 5.69 Å². The molecule has 1 aromatic rings. The fraction of sp³-hybridized carbons (Fsp3) is 0.647. The molecule has 1 fully saturated rings. The lowest BCUT2D eigenvalue weighted by atomic mass is 10.1. The summed E-state index contributed by atoms with van der Waals surface area (Å²) in [7, 11) is 0. The Morgan fingerprint density at radius 2 is 1.75 bits per heavy atom. The third-order valence-electron chi connectivity index (χ3n) is 4.12. The number of aliphatic hydroxyl groups excluding tert-OH is 1. The molecule has 1 heterocycles. The van der Waals surface area contributed by atoms with Crippen LogP contribution in [-0.2, 0) is 6.54 Å². The molecular formula is C17H28N2O. The van der Waals surface area contributed by atoms with Crippen molar-refractivity contribution in [3.05, 3.63) is 29.8 Å². The molecule has 0 bridgehead atoms. The van der Waals surface area contributed by atoms with Crippen molar-refractivity contribution in [3.8, 4) is 0 Å². The van der Waals surface area contributed by atoms with Gasteiger partial charge in [0.2, 0.25) is 0 Å². The van der Waals surface area contributed by atoms with Gasteiger partial charge in [-0.05, 0) is 43.9 Å². The average molecular weight is 276 g/mol. The zero-order valence-electron chi connectivity index (χ0n) is 12.6. The van der Waals surface area contributed by atoms with Gasteiger partial charge < -0.3 is 15.3 Å². The molecule has 0 spiro atoms. The van der Waals surface area contributed by atoms with E-state index in [1.54, 1.807) is 0 Å². The number of rotatable bonds is 6. The first-order chi connectivity index (χ1) is 9.79. The van der Waals surface area contributed by atoms with Crippen LogP contribution in [0.2, 0.25) is 0 Å². The molecule has 0 amide bonds. The van der Waals surface area contributed by atoms with E-state index in [-0.39, 0.29) is 6.61 Å². The number of nitrogens with one attached hydrogen (secondary N) is 1. The number of aliphatic hydroxyl groups is 1. The van der Waals surface area contributed by atoms with Gasteiger partial charge in [0.25, 0.3) is 0 Å². The molecule has 2 N–H and O–H groups in total. The maximum atomic E-state index is 8.89. The molecule has 0 aliphatic carbocycles. The first-order valence-corrected chi connectivity index (χ1v) is 7.98. The third kappa shape index (κ3) is 4.80. The van der Waals surface area contributed by atoms with Crippen molar-refractivity contribution in [2.75, 3.05) is 24.6 Å². The Morgan fingerprint density at radius 3 is 2.35 bits per heavy atom. The van der Waals surface area contributed by atoms with Gasteiger partial charge in [-0.25, -0.2) is 0 Å². The first-order valence-electron chi connectivity index (χ1n) is 7.98. The highest BCUT2D eigenvalue weighted by Crippen LogP contribution is 2.20. The predicted molar refractivity (Wildman–Crippen MR) is 85.1 cm³/mol. The van der Waals surface area contributed by atoms with E-state index in [0.29, 0.717) is 6.04 Å². The average Bonchev–Trinajstić information content (AvgIpc) is 2.75. The van der Waals surface area contributed by atoms with Crippen LogP contribution >= 0.6 is 0 Å². The van der Waals surface area contributed by atoms with Crippen molar-refractivity contribution in [2.45, 2.75) is 51.6 Å². The van der Waals surface area contributed by atoms with Gasteiger partial charge in [0.15, 0.2) is 0 Å². The molecule has 1 aliphatic heterocycles. The summed E-state index contributed by atoms with van der Waals surface area (Å²) >= 11 is 0. The van der Waals surface area contributed by atoms with Crippen LogP contribution in [0.25, 0.3) is 0 Å². The summed E-state index contributed by atoms with van der Waals surface area (Å²) < 4.78 is 0. The van der Waals surface area contributed by atoms with E-state index >= 15 is 0 Å². The first kappa shape index (κ1) is 15.3. The second kappa shape index (κ2) is 8.28. The molecule has 3 nitrogen and oxygen atoms in total. The maximum absolute atomic E-state index is 8.89. The van der Waals surface area contributed by atoms with E-state index in [0.717, 1.165) is 13.0 Å². The van der Waals surface area contributed by atoms with Crippen LogP contribution in [0.3, 0.4) is 0 Å². The molecule has 2 rings (SSSR count). The van der Waals surface area contributed by atoms with Gasteiger partial charge >= 0.3 is 0 Å². The van der Waals surface area contributed by atoms with Crippen molar-refractivity contribution >= 4 is 5.69 Å². The minimum atomic E-state index is 0.252. The summed E-state index contributed by atoms with van der Waals surface area (Å²) in [5.74, 6) is 0. The lowest BCUT2D eigenvalue weighted by Crippen LogP contribution is -2.26. The Balaban J connectivity index is 1.85. The summed E-state index contributed by atoms with van der Waals surface area (Å²) in [4.78, 5) is 2.51. The standard InChI is InChI=1S/C17H28N2O/c1-15(10-13-20)18-14-16-6-8-17(9-7-16)19-11-4-2-3-5-12-19/h6-9,15,18,20H,2-5,10-14H2,1H3/t15-/m1/s1. The van der Waals surface area contributed by atoms with Gasteiger partial charge in [0.1, 0.15) is 0 Å². The Hall–Kier alpha value is -1.06. The zero-order valence-corrected chi connectivity index (χ0v) is 12.6.